The van der Waals surface area contributed by atoms with Crippen molar-refractivity contribution in [3.05, 3.63) is 146 Å². The van der Waals surface area contributed by atoms with Crippen molar-refractivity contribution in [3.8, 4) is 34.0 Å². The first-order chi connectivity index (χ1) is 19.8. The highest BCUT2D eigenvalue weighted by Gasteiger charge is 2.18. The summed E-state index contributed by atoms with van der Waals surface area (Å²) in [5.74, 6) is 0.663. The molecular formula is C36H24N4. The topological polar surface area (TPSA) is 35.6 Å². The number of aromatic nitrogens is 4. The second-order valence-corrected chi connectivity index (χ2v) is 9.99. The summed E-state index contributed by atoms with van der Waals surface area (Å²) < 4.78 is 4.33. The summed E-state index contributed by atoms with van der Waals surface area (Å²) in [4.78, 5) is 10.5. The van der Waals surface area contributed by atoms with E-state index in [4.69, 9.17) is 9.97 Å². The van der Waals surface area contributed by atoms with Crippen molar-refractivity contribution in [2.24, 2.45) is 0 Å². The molecule has 0 aliphatic heterocycles. The summed E-state index contributed by atoms with van der Waals surface area (Å²) in [6.07, 6.45) is 4.25. The number of fused-ring (bicyclic) bond motifs is 4. The zero-order valence-electron chi connectivity index (χ0n) is 21.6. The molecule has 0 radical (unpaired) electrons. The number of nitrogens with zero attached hydrogens (tertiary/aromatic N) is 4. The van der Waals surface area contributed by atoms with Crippen molar-refractivity contribution in [1.29, 1.82) is 0 Å². The Morgan fingerprint density at radius 3 is 1.77 bits per heavy atom. The molecule has 0 spiro atoms. The Kier molecular flexibility index (Phi) is 5.10. The van der Waals surface area contributed by atoms with Gasteiger partial charge in [0.2, 0.25) is 5.95 Å². The molecule has 0 aliphatic rings. The molecule has 0 amide bonds. The van der Waals surface area contributed by atoms with Gasteiger partial charge in [-0.2, -0.15) is 0 Å². The Morgan fingerprint density at radius 1 is 0.450 bits per heavy atom. The maximum Gasteiger partial charge on any atom is 0.235 e. The van der Waals surface area contributed by atoms with Crippen molar-refractivity contribution in [1.82, 2.24) is 19.1 Å². The van der Waals surface area contributed by atoms with Crippen LogP contribution in [0.4, 0.5) is 0 Å². The minimum atomic E-state index is 0.663. The van der Waals surface area contributed by atoms with E-state index in [0.717, 1.165) is 44.4 Å². The normalized spacial score (nSPS) is 11.5. The minimum absolute atomic E-state index is 0.663. The van der Waals surface area contributed by atoms with E-state index in [9.17, 15) is 0 Å². The molecule has 8 aromatic rings. The fourth-order valence-electron chi connectivity index (χ4n) is 5.69. The Labute approximate surface area is 231 Å². The molecule has 3 heterocycles. The quantitative estimate of drug-likeness (QED) is 0.236. The predicted octanol–water partition coefficient (Wildman–Crippen LogP) is 8.85. The first-order valence-corrected chi connectivity index (χ1v) is 13.4. The molecular weight excluding hydrogens is 488 g/mol. The summed E-state index contributed by atoms with van der Waals surface area (Å²) in [5.41, 5.74) is 8.48. The van der Waals surface area contributed by atoms with Crippen molar-refractivity contribution in [2.45, 2.75) is 0 Å². The van der Waals surface area contributed by atoms with Crippen LogP contribution in [-0.2, 0) is 0 Å². The zero-order valence-corrected chi connectivity index (χ0v) is 21.6. The summed E-state index contributed by atoms with van der Waals surface area (Å²) in [6.45, 7) is 0. The minimum Gasteiger partial charge on any atom is -0.321 e. The van der Waals surface area contributed by atoms with Gasteiger partial charge in [0, 0.05) is 39.8 Å². The van der Waals surface area contributed by atoms with E-state index in [0.29, 0.717) is 5.95 Å². The molecule has 0 bridgehead atoms. The molecule has 188 valence electrons. The lowest BCUT2D eigenvalue weighted by molar-refractivity contribution is 1.01. The SMILES string of the molecule is c1ccc(-c2cccc(-c3nc(-n4c5ccccc5c5ccccc54)nc4cn(-c5ccccc5)cc34)c2)cc1. The average molecular weight is 513 g/mol. The van der Waals surface area contributed by atoms with E-state index >= 15 is 0 Å². The van der Waals surface area contributed by atoms with E-state index in [1.165, 1.54) is 16.3 Å². The molecule has 0 saturated heterocycles. The number of benzene rings is 5. The lowest BCUT2D eigenvalue weighted by Crippen LogP contribution is -2.02. The third kappa shape index (κ3) is 3.62. The van der Waals surface area contributed by atoms with Gasteiger partial charge in [-0.15, -0.1) is 0 Å². The van der Waals surface area contributed by atoms with E-state index in [1.807, 2.05) is 12.1 Å². The van der Waals surface area contributed by atoms with Crippen LogP contribution in [-0.4, -0.2) is 19.1 Å². The molecule has 4 heteroatoms. The average Bonchev–Trinajstić information content (AvgIpc) is 3.61. The van der Waals surface area contributed by atoms with Crippen LogP contribution in [0.5, 0.6) is 0 Å². The molecule has 0 atom stereocenters. The van der Waals surface area contributed by atoms with Crippen molar-refractivity contribution < 1.29 is 0 Å². The lowest BCUT2D eigenvalue weighted by Gasteiger charge is -2.11. The van der Waals surface area contributed by atoms with Gasteiger partial charge < -0.3 is 4.57 Å². The van der Waals surface area contributed by atoms with Crippen LogP contribution in [0.3, 0.4) is 0 Å². The summed E-state index contributed by atoms with van der Waals surface area (Å²) in [7, 11) is 0. The smallest absolute Gasteiger partial charge is 0.235 e. The summed E-state index contributed by atoms with van der Waals surface area (Å²) >= 11 is 0. The second kappa shape index (κ2) is 9.07. The standard InChI is InChI=1S/C36H24N4/c1-3-12-25(13-4-1)26-14-11-15-27(22-26)35-31-23-39(28-16-5-2-6-17-28)24-32(31)37-36(38-35)40-33-20-9-7-18-29(33)30-19-8-10-21-34(30)40/h1-24H. The van der Waals surface area contributed by atoms with Gasteiger partial charge in [-0.1, -0.05) is 103 Å². The zero-order chi connectivity index (χ0) is 26.5. The first-order valence-electron chi connectivity index (χ1n) is 13.4. The van der Waals surface area contributed by atoms with Gasteiger partial charge in [0.05, 0.1) is 22.2 Å². The number of hydrogen-bond acceptors (Lipinski definition) is 2. The van der Waals surface area contributed by atoms with Crippen LogP contribution in [0, 0.1) is 0 Å². The van der Waals surface area contributed by atoms with Crippen molar-refractivity contribution in [2.75, 3.05) is 0 Å². The Balaban J connectivity index is 1.42. The molecule has 3 aromatic heterocycles. The van der Waals surface area contributed by atoms with Crippen molar-refractivity contribution >= 4 is 32.7 Å². The maximum atomic E-state index is 5.29. The van der Waals surface area contributed by atoms with Gasteiger partial charge >= 0.3 is 0 Å². The molecule has 4 nitrogen and oxygen atoms in total. The van der Waals surface area contributed by atoms with Gasteiger partial charge in [0.25, 0.3) is 0 Å². The monoisotopic (exact) mass is 512 g/mol. The third-order valence-electron chi connectivity index (χ3n) is 7.57. The van der Waals surface area contributed by atoms with Gasteiger partial charge in [0.1, 0.15) is 0 Å². The highest BCUT2D eigenvalue weighted by atomic mass is 15.2. The highest BCUT2D eigenvalue weighted by Crippen LogP contribution is 2.35. The van der Waals surface area contributed by atoms with Gasteiger partial charge in [-0.3, -0.25) is 4.57 Å². The van der Waals surface area contributed by atoms with Crippen LogP contribution < -0.4 is 0 Å². The number of rotatable bonds is 4. The number of hydrogen-bond donors (Lipinski definition) is 0. The Hall–Kier alpha value is -5.48. The van der Waals surface area contributed by atoms with E-state index in [2.05, 4.69) is 143 Å². The fourth-order valence-corrected chi connectivity index (χ4v) is 5.69. The van der Waals surface area contributed by atoms with Crippen molar-refractivity contribution in [3.63, 3.8) is 0 Å². The van der Waals surface area contributed by atoms with Gasteiger partial charge in [-0.05, 0) is 41.5 Å². The molecule has 0 N–H and O–H groups in total. The Bertz CT molecular complexity index is 2100. The predicted molar refractivity (Wildman–Crippen MR) is 164 cm³/mol. The lowest BCUT2D eigenvalue weighted by atomic mass is 10.0. The Morgan fingerprint density at radius 2 is 1.05 bits per heavy atom. The second-order valence-electron chi connectivity index (χ2n) is 9.99. The third-order valence-corrected chi connectivity index (χ3v) is 7.57. The molecule has 0 unspecified atom stereocenters. The molecule has 0 saturated carbocycles. The molecule has 8 rings (SSSR count). The van der Waals surface area contributed by atoms with Gasteiger partial charge in [0.15, 0.2) is 0 Å². The highest BCUT2D eigenvalue weighted by molar-refractivity contribution is 6.09. The van der Waals surface area contributed by atoms with Crippen LogP contribution in [0.2, 0.25) is 0 Å². The van der Waals surface area contributed by atoms with Crippen LogP contribution in [0.1, 0.15) is 0 Å². The van der Waals surface area contributed by atoms with E-state index in [-0.39, 0.29) is 0 Å². The largest absolute Gasteiger partial charge is 0.321 e. The van der Waals surface area contributed by atoms with E-state index in [1.54, 1.807) is 0 Å². The number of para-hydroxylation sites is 3. The van der Waals surface area contributed by atoms with Crippen LogP contribution in [0.15, 0.2) is 146 Å². The maximum absolute atomic E-state index is 5.29. The fraction of sp³-hybridized carbons (Fsp3) is 0. The summed E-state index contributed by atoms with van der Waals surface area (Å²) in [5, 5.41) is 3.39. The van der Waals surface area contributed by atoms with Crippen LogP contribution in [0.25, 0.3) is 66.7 Å². The van der Waals surface area contributed by atoms with E-state index < -0.39 is 0 Å². The first kappa shape index (κ1) is 22.5. The van der Waals surface area contributed by atoms with Crippen LogP contribution >= 0.6 is 0 Å². The molecule has 5 aromatic carbocycles. The molecule has 40 heavy (non-hydrogen) atoms. The molecule has 0 aliphatic carbocycles. The van der Waals surface area contributed by atoms with Gasteiger partial charge in [-0.25, -0.2) is 9.97 Å². The summed E-state index contributed by atoms with van der Waals surface area (Å²) in [6, 6.07) is 46.4. The molecule has 0 fully saturated rings.